The standard InChI is InChI=1S/C52H65N3O4/c1-39(2)50(47(43-15-9-6-10-16-43)38-45-17-11-12-22-53-45)49-37-44(35-41-13-7-5-8-14-41)52(59-34-28-55-25-31-57-32-26-55)51(40(3)4)48(49)36-42-18-20-46(21-19-42)58-33-27-54-23-29-56-30-24-54/h5-22,37,39-40,47,50H,23-36,38H2,1-4H3. The number of benzene rings is 4. The Morgan fingerprint density at radius 3 is 1.83 bits per heavy atom. The van der Waals surface area contributed by atoms with Gasteiger partial charge in [-0.15, -0.1) is 0 Å². The topological polar surface area (TPSA) is 56.3 Å². The molecule has 2 unspecified atom stereocenters. The molecule has 2 aliphatic heterocycles. The zero-order chi connectivity index (χ0) is 40.8. The molecular formula is C52H65N3O4. The van der Waals surface area contributed by atoms with E-state index in [1.807, 2.05) is 12.3 Å². The number of hydrogen-bond donors (Lipinski definition) is 0. The average molecular weight is 796 g/mol. The quantitative estimate of drug-likeness (QED) is 0.0826. The number of morpholine rings is 2. The first-order valence-electron chi connectivity index (χ1n) is 22.0. The van der Waals surface area contributed by atoms with Crippen molar-refractivity contribution in [2.24, 2.45) is 5.92 Å². The largest absolute Gasteiger partial charge is 0.492 e. The smallest absolute Gasteiger partial charge is 0.126 e. The van der Waals surface area contributed by atoms with E-state index in [1.165, 1.54) is 38.9 Å². The van der Waals surface area contributed by atoms with E-state index in [2.05, 4.69) is 141 Å². The lowest BCUT2D eigenvalue weighted by atomic mass is 9.69. The van der Waals surface area contributed by atoms with Crippen LogP contribution in [0.15, 0.2) is 115 Å². The molecule has 312 valence electrons. The van der Waals surface area contributed by atoms with Gasteiger partial charge in [0.05, 0.1) is 26.4 Å². The van der Waals surface area contributed by atoms with Crippen LogP contribution in [0.1, 0.15) is 90.1 Å². The highest BCUT2D eigenvalue weighted by atomic mass is 16.5. The predicted molar refractivity (Wildman–Crippen MR) is 239 cm³/mol. The molecule has 7 nitrogen and oxygen atoms in total. The lowest BCUT2D eigenvalue weighted by Gasteiger charge is -2.35. The monoisotopic (exact) mass is 795 g/mol. The molecule has 2 fully saturated rings. The van der Waals surface area contributed by atoms with Crippen LogP contribution in [0.3, 0.4) is 0 Å². The molecule has 0 N–H and O–H groups in total. The van der Waals surface area contributed by atoms with Gasteiger partial charge in [0.2, 0.25) is 0 Å². The summed E-state index contributed by atoms with van der Waals surface area (Å²) in [5, 5.41) is 0. The average Bonchev–Trinajstić information content (AvgIpc) is 3.26. The van der Waals surface area contributed by atoms with Gasteiger partial charge >= 0.3 is 0 Å². The van der Waals surface area contributed by atoms with E-state index in [0.717, 1.165) is 102 Å². The Balaban J connectivity index is 1.32. The second kappa shape index (κ2) is 21.6. The third kappa shape index (κ3) is 11.8. The van der Waals surface area contributed by atoms with Crippen molar-refractivity contribution < 1.29 is 18.9 Å². The molecule has 59 heavy (non-hydrogen) atoms. The highest BCUT2D eigenvalue weighted by Crippen LogP contribution is 2.47. The van der Waals surface area contributed by atoms with E-state index in [9.17, 15) is 0 Å². The van der Waals surface area contributed by atoms with Crippen molar-refractivity contribution in [3.8, 4) is 11.5 Å². The molecule has 5 aromatic rings. The Bertz CT molecular complexity index is 1980. The number of ether oxygens (including phenoxy) is 4. The van der Waals surface area contributed by atoms with Crippen LogP contribution in [-0.2, 0) is 28.7 Å². The summed E-state index contributed by atoms with van der Waals surface area (Å²) < 4.78 is 24.6. The van der Waals surface area contributed by atoms with Crippen LogP contribution in [0.25, 0.3) is 0 Å². The van der Waals surface area contributed by atoms with Crippen molar-refractivity contribution in [1.82, 2.24) is 14.8 Å². The fourth-order valence-corrected chi connectivity index (χ4v) is 9.09. The van der Waals surface area contributed by atoms with E-state index in [-0.39, 0.29) is 17.8 Å². The first-order chi connectivity index (χ1) is 28.9. The molecule has 4 aromatic carbocycles. The highest BCUT2D eigenvalue weighted by Gasteiger charge is 2.33. The van der Waals surface area contributed by atoms with E-state index in [0.29, 0.717) is 19.1 Å². The summed E-state index contributed by atoms with van der Waals surface area (Å²) in [4.78, 5) is 9.76. The molecule has 2 saturated heterocycles. The van der Waals surface area contributed by atoms with E-state index >= 15 is 0 Å². The molecule has 7 rings (SSSR count). The fourth-order valence-electron chi connectivity index (χ4n) is 9.09. The molecule has 2 atom stereocenters. The lowest BCUT2D eigenvalue weighted by molar-refractivity contribution is 0.0321. The maximum Gasteiger partial charge on any atom is 0.126 e. The molecule has 7 heteroatoms. The molecule has 0 bridgehead atoms. The SMILES string of the molecule is CC(C)c1c(Cc2ccc(OCCN3CCOCC3)cc2)c(C(C(C)C)C(Cc2ccccn2)c2ccccc2)cc(Cc2ccccc2)c1OCCN1CCOCC1. The van der Waals surface area contributed by atoms with Gasteiger partial charge in [-0.3, -0.25) is 14.8 Å². The number of hydrogen-bond acceptors (Lipinski definition) is 7. The van der Waals surface area contributed by atoms with Gasteiger partial charge in [-0.1, -0.05) is 113 Å². The van der Waals surface area contributed by atoms with Gasteiger partial charge < -0.3 is 18.9 Å². The third-order valence-corrected chi connectivity index (χ3v) is 12.1. The second-order valence-corrected chi connectivity index (χ2v) is 16.9. The molecule has 2 aliphatic rings. The van der Waals surface area contributed by atoms with Gasteiger partial charge in [0.1, 0.15) is 24.7 Å². The predicted octanol–water partition coefficient (Wildman–Crippen LogP) is 9.57. The summed E-state index contributed by atoms with van der Waals surface area (Å²) >= 11 is 0. The molecule has 0 saturated carbocycles. The third-order valence-electron chi connectivity index (χ3n) is 12.1. The van der Waals surface area contributed by atoms with Crippen molar-refractivity contribution in [3.05, 3.63) is 160 Å². The minimum absolute atomic E-state index is 0.213. The first kappa shape index (κ1) is 42.6. The Kier molecular flexibility index (Phi) is 15.6. The summed E-state index contributed by atoms with van der Waals surface area (Å²) in [6.07, 6.45) is 4.39. The summed E-state index contributed by atoms with van der Waals surface area (Å²) in [5.41, 5.74) is 10.4. The van der Waals surface area contributed by atoms with Gasteiger partial charge in [-0.2, -0.15) is 0 Å². The van der Waals surface area contributed by atoms with Crippen LogP contribution in [-0.4, -0.2) is 93.7 Å². The van der Waals surface area contributed by atoms with Gasteiger partial charge in [0, 0.05) is 63.1 Å². The molecule has 0 spiro atoms. The van der Waals surface area contributed by atoms with Crippen molar-refractivity contribution >= 4 is 0 Å². The zero-order valence-corrected chi connectivity index (χ0v) is 35.9. The van der Waals surface area contributed by atoms with E-state index in [1.54, 1.807) is 0 Å². The highest BCUT2D eigenvalue weighted by molar-refractivity contribution is 5.57. The van der Waals surface area contributed by atoms with Crippen LogP contribution in [0, 0.1) is 5.92 Å². The summed E-state index contributed by atoms with van der Waals surface area (Å²) in [7, 11) is 0. The number of aromatic nitrogens is 1. The number of rotatable bonds is 19. The lowest BCUT2D eigenvalue weighted by Crippen LogP contribution is -2.38. The molecule has 0 aliphatic carbocycles. The molecule has 1 aromatic heterocycles. The number of pyridine rings is 1. The maximum atomic E-state index is 7.11. The van der Waals surface area contributed by atoms with Crippen LogP contribution < -0.4 is 9.47 Å². The first-order valence-corrected chi connectivity index (χ1v) is 22.0. The van der Waals surface area contributed by atoms with E-state index in [4.69, 9.17) is 23.9 Å². The minimum Gasteiger partial charge on any atom is -0.492 e. The van der Waals surface area contributed by atoms with Gasteiger partial charge in [-0.05, 0) is 94.2 Å². The second-order valence-electron chi connectivity index (χ2n) is 16.9. The molecular weight excluding hydrogens is 731 g/mol. The summed E-state index contributed by atoms with van der Waals surface area (Å²) in [5.74, 6) is 2.98. The van der Waals surface area contributed by atoms with Gasteiger partial charge in [0.25, 0.3) is 0 Å². The minimum atomic E-state index is 0.213. The van der Waals surface area contributed by atoms with Crippen molar-refractivity contribution in [2.75, 3.05) is 78.9 Å². The normalized spacial score (nSPS) is 16.3. The van der Waals surface area contributed by atoms with Crippen LogP contribution in [0.4, 0.5) is 0 Å². The number of nitrogens with zero attached hydrogens (tertiary/aromatic N) is 3. The van der Waals surface area contributed by atoms with Gasteiger partial charge in [-0.25, -0.2) is 0 Å². The maximum absolute atomic E-state index is 7.11. The van der Waals surface area contributed by atoms with E-state index < -0.39 is 0 Å². The van der Waals surface area contributed by atoms with Crippen LogP contribution in [0.2, 0.25) is 0 Å². The molecule has 0 radical (unpaired) electrons. The Morgan fingerprint density at radius 1 is 0.644 bits per heavy atom. The van der Waals surface area contributed by atoms with Crippen LogP contribution in [0.5, 0.6) is 11.5 Å². The van der Waals surface area contributed by atoms with Gasteiger partial charge in [0.15, 0.2) is 0 Å². The summed E-state index contributed by atoms with van der Waals surface area (Å²) in [6, 6.07) is 39.7. The Labute approximate surface area is 353 Å². The molecule has 3 heterocycles. The van der Waals surface area contributed by atoms with Crippen molar-refractivity contribution in [2.45, 2.75) is 64.7 Å². The van der Waals surface area contributed by atoms with Crippen molar-refractivity contribution in [3.63, 3.8) is 0 Å². The Morgan fingerprint density at radius 2 is 1.24 bits per heavy atom. The summed E-state index contributed by atoms with van der Waals surface area (Å²) in [6.45, 7) is 19.6. The Hall–Kier alpha value is -4.53. The zero-order valence-electron chi connectivity index (χ0n) is 35.9. The fraction of sp³-hybridized carbons (Fsp3) is 0.442. The molecule has 0 amide bonds. The van der Waals surface area contributed by atoms with Crippen LogP contribution >= 0.6 is 0 Å². The van der Waals surface area contributed by atoms with Crippen molar-refractivity contribution in [1.29, 1.82) is 0 Å².